The third-order valence-electron chi connectivity index (χ3n) is 4.85. The van der Waals surface area contributed by atoms with Crippen molar-refractivity contribution in [3.05, 3.63) is 34.4 Å². The second-order valence-electron chi connectivity index (χ2n) is 5.63. The van der Waals surface area contributed by atoms with Gasteiger partial charge >= 0.3 is 0 Å². The van der Waals surface area contributed by atoms with Crippen molar-refractivity contribution < 1.29 is 0 Å². The highest BCUT2D eigenvalue weighted by atomic mass is 14.4. The Morgan fingerprint density at radius 2 is 1.33 bits per heavy atom. The van der Waals surface area contributed by atoms with Gasteiger partial charge in [-0.2, -0.15) is 0 Å². The lowest BCUT2D eigenvalue weighted by Gasteiger charge is -2.24. The van der Waals surface area contributed by atoms with Crippen LogP contribution in [0, 0.1) is 0 Å². The van der Waals surface area contributed by atoms with Crippen LogP contribution in [0.5, 0.6) is 0 Å². The first-order chi connectivity index (χ1) is 7.43. The van der Waals surface area contributed by atoms with Gasteiger partial charge in [0.2, 0.25) is 0 Å². The van der Waals surface area contributed by atoms with Gasteiger partial charge in [0.1, 0.15) is 0 Å². The Labute approximate surface area is 91.7 Å². The first-order valence-corrected chi connectivity index (χ1v) is 6.58. The largest absolute Gasteiger partial charge is 0.0585 e. The predicted molar refractivity (Wildman–Crippen MR) is 62.4 cm³/mol. The molecule has 0 bridgehead atoms. The zero-order valence-corrected chi connectivity index (χ0v) is 9.26. The molecule has 1 aromatic carbocycles. The Morgan fingerprint density at radius 3 is 1.87 bits per heavy atom. The van der Waals surface area contributed by atoms with Crippen molar-refractivity contribution in [3.8, 4) is 0 Å². The van der Waals surface area contributed by atoms with E-state index in [0.29, 0.717) is 0 Å². The van der Waals surface area contributed by atoms with Crippen LogP contribution in [0.1, 0.15) is 66.2 Å². The van der Waals surface area contributed by atoms with Crippen molar-refractivity contribution in [2.45, 2.75) is 56.8 Å². The normalized spacial score (nSPS) is 31.5. The Bertz CT molecular complexity index is 377. The van der Waals surface area contributed by atoms with E-state index in [4.69, 9.17) is 0 Å². The van der Waals surface area contributed by atoms with Gasteiger partial charge in [-0.15, -0.1) is 0 Å². The maximum atomic E-state index is 2.44. The van der Waals surface area contributed by atoms with Crippen LogP contribution in [0.15, 0.2) is 12.1 Å². The Kier molecular flexibility index (Phi) is 1.60. The van der Waals surface area contributed by atoms with Gasteiger partial charge in [0.25, 0.3) is 0 Å². The van der Waals surface area contributed by atoms with Gasteiger partial charge in [-0.05, 0) is 79.0 Å². The summed E-state index contributed by atoms with van der Waals surface area (Å²) in [5, 5.41) is 0. The van der Waals surface area contributed by atoms with Gasteiger partial charge in [-0.1, -0.05) is 12.1 Å². The van der Waals surface area contributed by atoms with E-state index in [0.717, 1.165) is 11.8 Å². The maximum absolute atomic E-state index is 2.44. The van der Waals surface area contributed by atoms with Gasteiger partial charge in [0.05, 0.1) is 0 Å². The summed E-state index contributed by atoms with van der Waals surface area (Å²) in [5.41, 5.74) is 7.05. The molecule has 0 amide bonds. The molecule has 0 N–H and O–H groups in total. The van der Waals surface area contributed by atoms with Gasteiger partial charge in [0, 0.05) is 0 Å². The summed E-state index contributed by atoms with van der Waals surface area (Å²) >= 11 is 0. The highest BCUT2D eigenvalue weighted by Gasteiger charge is 2.37. The fourth-order valence-corrected chi connectivity index (χ4v) is 4.31. The first-order valence-electron chi connectivity index (χ1n) is 6.58. The lowest BCUT2D eigenvalue weighted by Crippen LogP contribution is -2.09. The van der Waals surface area contributed by atoms with Crippen molar-refractivity contribution >= 4 is 0 Å². The molecule has 0 aromatic heterocycles. The minimum atomic E-state index is 0.951. The molecule has 3 aliphatic carbocycles. The van der Waals surface area contributed by atoms with Gasteiger partial charge < -0.3 is 0 Å². The number of rotatable bonds is 0. The van der Waals surface area contributed by atoms with E-state index >= 15 is 0 Å². The Morgan fingerprint density at radius 1 is 0.800 bits per heavy atom. The van der Waals surface area contributed by atoms with E-state index in [9.17, 15) is 0 Å². The molecule has 0 fully saturated rings. The van der Waals surface area contributed by atoms with Crippen LogP contribution in [0.3, 0.4) is 0 Å². The lowest BCUT2D eigenvalue weighted by molar-refractivity contribution is 0.487. The molecule has 2 unspecified atom stereocenters. The monoisotopic (exact) mass is 198 g/mol. The molecule has 4 rings (SSSR count). The molecule has 78 valence electrons. The Hall–Kier alpha value is -0.780. The summed E-state index contributed by atoms with van der Waals surface area (Å²) < 4.78 is 0. The molecule has 1 aromatic rings. The second kappa shape index (κ2) is 2.87. The first kappa shape index (κ1) is 8.38. The smallest absolute Gasteiger partial charge is 0.0150 e. The minimum Gasteiger partial charge on any atom is -0.0585 e. The standard InChI is InChI=1S/C15H18/c1-3-10-7-8-11-4-2-6-13-9-12(5-1)14(10)15(11)13/h7-8,12-13H,1-6,9H2. The number of benzene rings is 1. The van der Waals surface area contributed by atoms with Gasteiger partial charge in [0.15, 0.2) is 0 Å². The quantitative estimate of drug-likeness (QED) is 0.592. The van der Waals surface area contributed by atoms with E-state index in [1.165, 1.54) is 44.9 Å². The molecule has 0 radical (unpaired) electrons. The van der Waals surface area contributed by atoms with Crippen LogP contribution in [0.25, 0.3) is 0 Å². The van der Waals surface area contributed by atoms with Crippen LogP contribution in [0.4, 0.5) is 0 Å². The average molecular weight is 198 g/mol. The number of aryl methyl sites for hydroxylation is 2. The molecular formula is C15H18. The van der Waals surface area contributed by atoms with E-state index < -0.39 is 0 Å². The highest BCUT2D eigenvalue weighted by molar-refractivity contribution is 5.51. The molecule has 0 heteroatoms. The Balaban J connectivity index is 2.00. The van der Waals surface area contributed by atoms with Crippen molar-refractivity contribution in [1.82, 2.24) is 0 Å². The zero-order valence-electron chi connectivity index (χ0n) is 9.26. The number of hydrogen-bond acceptors (Lipinski definition) is 0. The number of hydrogen-bond donors (Lipinski definition) is 0. The third kappa shape index (κ3) is 1.03. The maximum Gasteiger partial charge on any atom is -0.0150 e. The van der Waals surface area contributed by atoms with Crippen LogP contribution in [-0.2, 0) is 12.8 Å². The third-order valence-corrected chi connectivity index (χ3v) is 4.85. The molecule has 3 aliphatic rings. The van der Waals surface area contributed by atoms with Gasteiger partial charge in [-0.3, -0.25) is 0 Å². The van der Waals surface area contributed by atoms with Crippen LogP contribution in [0.2, 0.25) is 0 Å². The summed E-state index contributed by atoms with van der Waals surface area (Å²) in [6, 6.07) is 4.88. The highest BCUT2D eigenvalue weighted by Crippen LogP contribution is 2.53. The zero-order chi connectivity index (χ0) is 9.83. The summed E-state index contributed by atoms with van der Waals surface area (Å²) in [5.74, 6) is 1.90. The van der Waals surface area contributed by atoms with Gasteiger partial charge in [-0.25, -0.2) is 0 Å². The summed E-state index contributed by atoms with van der Waals surface area (Å²) in [4.78, 5) is 0. The van der Waals surface area contributed by atoms with Crippen molar-refractivity contribution in [2.24, 2.45) is 0 Å². The molecule has 0 saturated heterocycles. The molecule has 15 heavy (non-hydrogen) atoms. The molecule has 0 heterocycles. The minimum absolute atomic E-state index is 0.951. The fourth-order valence-electron chi connectivity index (χ4n) is 4.31. The molecule has 0 nitrogen and oxygen atoms in total. The van der Waals surface area contributed by atoms with Crippen LogP contribution in [-0.4, -0.2) is 0 Å². The van der Waals surface area contributed by atoms with E-state index in [1.807, 2.05) is 11.1 Å². The SMILES string of the molecule is c1cc2c3c4c1CCCC4CC3CCC2. The van der Waals surface area contributed by atoms with E-state index in [-0.39, 0.29) is 0 Å². The lowest BCUT2D eigenvalue weighted by atomic mass is 9.81. The molecule has 2 atom stereocenters. The average Bonchev–Trinajstić information content (AvgIpc) is 2.66. The van der Waals surface area contributed by atoms with Crippen molar-refractivity contribution in [2.75, 3.05) is 0 Å². The fraction of sp³-hybridized carbons (Fsp3) is 0.600. The predicted octanol–water partition coefficient (Wildman–Crippen LogP) is 3.93. The summed E-state index contributed by atoms with van der Waals surface area (Å²) in [7, 11) is 0. The molecule has 0 saturated carbocycles. The molecule has 0 aliphatic heterocycles. The summed E-state index contributed by atoms with van der Waals surface area (Å²) in [6.45, 7) is 0. The van der Waals surface area contributed by atoms with Crippen molar-refractivity contribution in [3.63, 3.8) is 0 Å². The van der Waals surface area contributed by atoms with Crippen LogP contribution >= 0.6 is 0 Å². The molecular weight excluding hydrogens is 180 g/mol. The topological polar surface area (TPSA) is 0 Å². The van der Waals surface area contributed by atoms with E-state index in [2.05, 4.69) is 12.1 Å². The van der Waals surface area contributed by atoms with Crippen molar-refractivity contribution in [1.29, 1.82) is 0 Å². The van der Waals surface area contributed by atoms with Crippen LogP contribution < -0.4 is 0 Å². The van der Waals surface area contributed by atoms with E-state index in [1.54, 1.807) is 11.1 Å². The molecule has 0 spiro atoms. The second-order valence-corrected chi connectivity index (χ2v) is 5.63. The summed E-state index contributed by atoms with van der Waals surface area (Å²) in [6.07, 6.45) is 10.0.